The van der Waals surface area contributed by atoms with Crippen molar-refractivity contribution in [2.24, 2.45) is 11.8 Å². The highest BCUT2D eigenvalue weighted by Gasteiger charge is 2.16. The molecule has 0 aromatic rings. The van der Waals surface area contributed by atoms with Crippen LogP contribution in [0.2, 0.25) is 0 Å². The Hall–Kier alpha value is -2.25. The van der Waals surface area contributed by atoms with Crippen LogP contribution in [0.25, 0.3) is 0 Å². The fourth-order valence-electron chi connectivity index (χ4n) is 4.16. The van der Waals surface area contributed by atoms with E-state index >= 15 is 0 Å². The van der Waals surface area contributed by atoms with Gasteiger partial charge in [-0.1, -0.05) is 138 Å². The van der Waals surface area contributed by atoms with E-state index in [1.165, 1.54) is 57.8 Å². The first-order valence-electron chi connectivity index (χ1n) is 16.8. The molecule has 0 N–H and O–H groups in total. The molecule has 0 aromatic carbocycles. The zero-order valence-electron chi connectivity index (χ0n) is 28.0. The van der Waals surface area contributed by atoms with Gasteiger partial charge in [0.1, 0.15) is 0 Å². The Morgan fingerprint density at radius 1 is 0.548 bits per heavy atom. The van der Waals surface area contributed by atoms with Crippen molar-refractivity contribution in [1.82, 2.24) is 0 Å². The summed E-state index contributed by atoms with van der Waals surface area (Å²) < 4.78 is 14.9. The van der Waals surface area contributed by atoms with Gasteiger partial charge >= 0.3 is 18.3 Å². The van der Waals surface area contributed by atoms with Crippen molar-refractivity contribution in [3.63, 3.8) is 0 Å². The number of hydrogen-bond donors (Lipinski definition) is 0. The predicted molar refractivity (Wildman–Crippen MR) is 169 cm³/mol. The van der Waals surface area contributed by atoms with E-state index in [2.05, 4.69) is 37.1 Å². The molecule has 0 aliphatic rings. The van der Waals surface area contributed by atoms with Crippen molar-refractivity contribution in [2.45, 2.75) is 157 Å². The molecule has 0 heterocycles. The Balaban J connectivity index is 0. The van der Waals surface area contributed by atoms with Crippen molar-refractivity contribution >= 4 is 18.3 Å². The van der Waals surface area contributed by atoms with Gasteiger partial charge in [-0.2, -0.15) is 19.4 Å². The van der Waals surface area contributed by atoms with E-state index in [0.29, 0.717) is 24.0 Å². The molecule has 42 heavy (non-hydrogen) atoms. The number of hydrogen-bond acceptors (Lipinski definition) is 8. The van der Waals surface area contributed by atoms with Crippen LogP contribution in [-0.2, 0) is 28.8 Å². The van der Waals surface area contributed by atoms with Crippen LogP contribution in [0.3, 0.4) is 0 Å². The minimum absolute atomic E-state index is 0.258. The van der Waals surface area contributed by atoms with Gasteiger partial charge in [0.15, 0.2) is 0 Å². The molecule has 0 aliphatic heterocycles. The predicted octanol–water partition coefficient (Wildman–Crippen LogP) is 10.7. The van der Waals surface area contributed by atoms with Crippen LogP contribution in [0.5, 0.6) is 0 Å². The molecule has 0 aliphatic carbocycles. The summed E-state index contributed by atoms with van der Waals surface area (Å²) in [6.45, 7) is 16.9. The molecule has 0 amide bonds. The maximum absolute atomic E-state index is 11.4. The molecule has 248 valence electrons. The van der Waals surface area contributed by atoms with Gasteiger partial charge in [-0.15, -0.1) is 0 Å². The number of esters is 1. The number of ether oxygens (including phenoxy) is 3. The van der Waals surface area contributed by atoms with Gasteiger partial charge in [-0.3, -0.25) is 0 Å². The fourth-order valence-corrected chi connectivity index (χ4v) is 4.16. The number of rotatable bonds is 24. The molecule has 0 aromatic heterocycles. The number of unbranched alkanes of at least 4 members (excludes halogenated alkanes) is 11. The van der Waals surface area contributed by atoms with Crippen molar-refractivity contribution in [3.8, 4) is 0 Å². The summed E-state index contributed by atoms with van der Waals surface area (Å²) in [5.74, 6) is 0.340. The zero-order valence-corrected chi connectivity index (χ0v) is 28.0. The highest BCUT2D eigenvalue weighted by molar-refractivity contribution is 5.86. The quantitative estimate of drug-likeness (QED) is 0.0269. The van der Waals surface area contributed by atoms with Crippen LogP contribution >= 0.6 is 0 Å². The first-order valence-corrected chi connectivity index (χ1v) is 16.8. The monoisotopic (exact) mass is 600 g/mol. The Morgan fingerprint density at radius 3 is 1.29 bits per heavy atom. The van der Waals surface area contributed by atoms with Gasteiger partial charge < -0.3 is 14.2 Å². The first-order chi connectivity index (χ1) is 20.2. The minimum atomic E-state index is -1.01. The van der Waals surface area contributed by atoms with Crippen LogP contribution in [0.4, 0.5) is 9.59 Å². The van der Waals surface area contributed by atoms with Crippen LogP contribution in [0, 0.1) is 11.8 Å². The lowest BCUT2D eigenvalue weighted by atomic mass is 10.0. The van der Waals surface area contributed by atoms with E-state index in [1.807, 2.05) is 13.8 Å². The highest BCUT2D eigenvalue weighted by atomic mass is 17.3. The maximum Gasteiger partial charge on any atom is 0.550 e. The van der Waals surface area contributed by atoms with Gasteiger partial charge in [0.05, 0.1) is 19.8 Å². The third-order valence-electron chi connectivity index (χ3n) is 7.22. The van der Waals surface area contributed by atoms with Gasteiger partial charge in [0.25, 0.3) is 0 Å². The van der Waals surface area contributed by atoms with Gasteiger partial charge in [-0.25, -0.2) is 4.79 Å². The third-order valence-corrected chi connectivity index (χ3v) is 7.22. The molecular formula is C34H64O8. The second-order valence-electron chi connectivity index (χ2n) is 11.2. The summed E-state index contributed by atoms with van der Waals surface area (Å²) in [5.41, 5.74) is 0.488. The molecule has 0 spiro atoms. The summed E-state index contributed by atoms with van der Waals surface area (Å²) in [6, 6.07) is 0. The Kier molecular flexibility index (Phi) is 31.6. The van der Waals surface area contributed by atoms with Crippen molar-refractivity contribution in [1.29, 1.82) is 0 Å². The van der Waals surface area contributed by atoms with Gasteiger partial charge in [0.2, 0.25) is 0 Å². The topological polar surface area (TPSA) is 97.4 Å². The van der Waals surface area contributed by atoms with E-state index in [0.717, 1.165) is 57.8 Å². The zero-order chi connectivity index (χ0) is 31.8. The molecule has 2 unspecified atom stereocenters. The van der Waals surface area contributed by atoms with Crippen molar-refractivity contribution < 1.29 is 38.4 Å². The van der Waals surface area contributed by atoms with Crippen LogP contribution in [0.1, 0.15) is 157 Å². The largest absolute Gasteiger partial charge is 0.550 e. The molecule has 0 radical (unpaired) electrons. The molecule has 8 nitrogen and oxygen atoms in total. The summed E-state index contributed by atoms with van der Waals surface area (Å²) >= 11 is 0. The summed E-state index contributed by atoms with van der Waals surface area (Å²) in [4.78, 5) is 42.5. The SMILES string of the molecule is C=C(C)C(=O)OCCCCCCCCCCCC.CCCCC(CC)COC(=O)OOC(=O)OCC(CC)CCCC. The normalized spacial score (nSPS) is 11.9. The van der Waals surface area contributed by atoms with Crippen molar-refractivity contribution in [3.05, 3.63) is 12.2 Å². The molecule has 8 heteroatoms. The second kappa shape index (κ2) is 31.7. The Labute approximate surface area is 257 Å². The van der Waals surface area contributed by atoms with Crippen LogP contribution in [0.15, 0.2) is 12.2 Å². The van der Waals surface area contributed by atoms with E-state index < -0.39 is 12.3 Å². The van der Waals surface area contributed by atoms with Crippen molar-refractivity contribution in [2.75, 3.05) is 19.8 Å². The summed E-state index contributed by atoms with van der Waals surface area (Å²) in [5, 5.41) is 0. The molecular weight excluding hydrogens is 536 g/mol. The van der Waals surface area contributed by atoms with E-state index in [4.69, 9.17) is 14.2 Å². The first kappa shape index (κ1) is 41.9. The van der Waals surface area contributed by atoms with Crippen LogP contribution < -0.4 is 0 Å². The Bertz CT molecular complexity index is 632. The lowest BCUT2D eigenvalue weighted by molar-refractivity contribution is -0.219. The maximum atomic E-state index is 11.4. The smallest absolute Gasteiger partial charge is 0.462 e. The molecule has 2 atom stereocenters. The lowest BCUT2D eigenvalue weighted by Gasteiger charge is -2.14. The van der Waals surface area contributed by atoms with Crippen LogP contribution in [-0.4, -0.2) is 38.1 Å². The number of carbonyl (C=O) groups excluding carboxylic acids is 3. The third kappa shape index (κ3) is 29.2. The molecule has 0 bridgehead atoms. The molecule has 0 saturated carbocycles. The summed E-state index contributed by atoms with van der Waals surface area (Å²) in [6.07, 6.45) is 19.2. The van der Waals surface area contributed by atoms with E-state index in [9.17, 15) is 14.4 Å². The average Bonchev–Trinajstić information content (AvgIpc) is 2.99. The van der Waals surface area contributed by atoms with Gasteiger partial charge in [0, 0.05) is 5.57 Å². The van der Waals surface area contributed by atoms with Gasteiger partial charge in [-0.05, 0) is 38.0 Å². The number of carbonyl (C=O) groups is 3. The standard InChI is InChI=1S/C18H34O6.C16H30O2/c1-5-9-11-15(7-3)13-21-17(19)23-24-18(20)22-14-16(8-4)12-10-6-2;1-4-5-6-7-8-9-10-11-12-13-14-18-16(17)15(2)3/h15-16H,5-14H2,1-4H3;2,4-14H2,1,3H3. The molecule has 0 saturated heterocycles. The molecule has 0 fully saturated rings. The second-order valence-corrected chi connectivity index (χ2v) is 11.2. The lowest BCUT2D eigenvalue weighted by Crippen LogP contribution is -2.19. The fraction of sp³-hybridized carbons (Fsp3) is 0.853. The molecule has 0 rings (SSSR count). The summed E-state index contributed by atoms with van der Waals surface area (Å²) in [7, 11) is 0. The minimum Gasteiger partial charge on any atom is -0.462 e. The van der Waals surface area contributed by atoms with E-state index in [1.54, 1.807) is 6.92 Å². The average molecular weight is 601 g/mol. The highest BCUT2D eigenvalue weighted by Crippen LogP contribution is 2.15. The Morgan fingerprint density at radius 2 is 0.929 bits per heavy atom. The van der Waals surface area contributed by atoms with E-state index in [-0.39, 0.29) is 19.2 Å².